The van der Waals surface area contributed by atoms with Gasteiger partial charge in [-0.1, -0.05) is 42.5 Å². The average Bonchev–Trinajstić information content (AvgIpc) is 2.74. The van der Waals surface area contributed by atoms with Gasteiger partial charge < -0.3 is 10.6 Å². The summed E-state index contributed by atoms with van der Waals surface area (Å²) in [6.07, 6.45) is 0.473. The molecule has 3 heteroatoms. The van der Waals surface area contributed by atoms with Gasteiger partial charge >= 0.3 is 0 Å². The van der Waals surface area contributed by atoms with Crippen LogP contribution in [0.4, 0.5) is 5.69 Å². The number of rotatable bonds is 2. The van der Waals surface area contributed by atoms with Crippen LogP contribution < -0.4 is 10.6 Å². The highest BCUT2D eigenvalue weighted by Gasteiger charge is 2.24. The van der Waals surface area contributed by atoms with Crippen LogP contribution in [0.3, 0.4) is 0 Å². The highest BCUT2D eigenvalue weighted by atomic mass is 16.2. The molecule has 0 saturated carbocycles. The third-order valence-corrected chi connectivity index (χ3v) is 3.70. The Morgan fingerprint density at radius 1 is 1.11 bits per heavy atom. The van der Waals surface area contributed by atoms with Crippen molar-refractivity contribution < 1.29 is 4.79 Å². The fourth-order valence-corrected chi connectivity index (χ4v) is 2.54. The number of carbonyl (C=O) groups excluding carboxylic acids is 1. The molecule has 0 radical (unpaired) electrons. The Bertz CT molecular complexity index is 622. The number of amides is 1. The number of hydrogen-bond donors (Lipinski definition) is 1. The summed E-state index contributed by atoms with van der Waals surface area (Å²) in [6.45, 7) is 0. The molecule has 2 aromatic rings. The van der Waals surface area contributed by atoms with Crippen LogP contribution in [0.1, 0.15) is 22.7 Å². The van der Waals surface area contributed by atoms with Gasteiger partial charge in [0.05, 0.1) is 12.5 Å². The summed E-state index contributed by atoms with van der Waals surface area (Å²) in [6, 6.07) is 15.9. The van der Waals surface area contributed by atoms with E-state index < -0.39 is 0 Å². The smallest absolute Gasteiger partial charge is 0.231 e. The molecule has 3 rings (SSSR count). The van der Waals surface area contributed by atoms with E-state index in [0.29, 0.717) is 6.42 Å². The average molecular weight is 252 g/mol. The van der Waals surface area contributed by atoms with Crippen molar-refractivity contribution in [1.82, 2.24) is 0 Å². The second-order valence-corrected chi connectivity index (χ2v) is 4.91. The normalized spacial score (nSPS) is 15.5. The Kier molecular flexibility index (Phi) is 2.84. The summed E-state index contributed by atoms with van der Waals surface area (Å²) in [5.41, 5.74) is 10.5. The first kappa shape index (κ1) is 11.9. The molecule has 2 N–H and O–H groups in total. The maximum absolute atomic E-state index is 11.7. The Balaban J connectivity index is 1.96. The summed E-state index contributed by atoms with van der Waals surface area (Å²) in [7, 11) is 1.81. The lowest BCUT2D eigenvalue weighted by molar-refractivity contribution is -0.117. The van der Waals surface area contributed by atoms with Crippen molar-refractivity contribution >= 4 is 11.6 Å². The van der Waals surface area contributed by atoms with Gasteiger partial charge in [0.1, 0.15) is 0 Å². The molecule has 0 bridgehead atoms. The lowest BCUT2D eigenvalue weighted by atomic mass is 9.97. The van der Waals surface area contributed by atoms with Gasteiger partial charge in [-0.15, -0.1) is 0 Å². The second-order valence-electron chi connectivity index (χ2n) is 4.91. The summed E-state index contributed by atoms with van der Waals surface area (Å²) >= 11 is 0. The van der Waals surface area contributed by atoms with Gasteiger partial charge in [-0.2, -0.15) is 0 Å². The van der Waals surface area contributed by atoms with E-state index >= 15 is 0 Å². The molecule has 0 spiro atoms. The first-order valence-corrected chi connectivity index (χ1v) is 6.37. The van der Waals surface area contributed by atoms with Gasteiger partial charge in [-0.25, -0.2) is 0 Å². The lowest BCUT2D eigenvalue weighted by Crippen LogP contribution is -2.20. The maximum Gasteiger partial charge on any atom is 0.231 e. The maximum atomic E-state index is 11.7. The van der Waals surface area contributed by atoms with E-state index in [2.05, 4.69) is 6.07 Å². The number of hydrogen-bond acceptors (Lipinski definition) is 2. The highest BCUT2D eigenvalue weighted by molar-refractivity contribution is 6.00. The fourth-order valence-electron chi connectivity index (χ4n) is 2.54. The molecule has 2 aromatic carbocycles. The predicted molar refractivity (Wildman–Crippen MR) is 76.0 cm³/mol. The van der Waals surface area contributed by atoms with Crippen molar-refractivity contribution in [3.63, 3.8) is 0 Å². The zero-order valence-electron chi connectivity index (χ0n) is 10.8. The van der Waals surface area contributed by atoms with E-state index in [-0.39, 0.29) is 11.9 Å². The monoisotopic (exact) mass is 252 g/mol. The third-order valence-electron chi connectivity index (χ3n) is 3.70. The molecule has 19 heavy (non-hydrogen) atoms. The van der Waals surface area contributed by atoms with Crippen LogP contribution in [0.2, 0.25) is 0 Å². The van der Waals surface area contributed by atoms with E-state index in [0.717, 1.165) is 22.4 Å². The molecule has 1 atom stereocenters. The van der Waals surface area contributed by atoms with Crippen LogP contribution in [-0.4, -0.2) is 13.0 Å². The van der Waals surface area contributed by atoms with Gasteiger partial charge in [0.15, 0.2) is 0 Å². The van der Waals surface area contributed by atoms with Gasteiger partial charge in [0.2, 0.25) is 5.91 Å². The number of carbonyl (C=O) groups is 1. The van der Waals surface area contributed by atoms with E-state index in [9.17, 15) is 4.79 Å². The second kappa shape index (κ2) is 4.52. The Morgan fingerprint density at radius 3 is 2.58 bits per heavy atom. The zero-order chi connectivity index (χ0) is 13.4. The first-order valence-electron chi connectivity index (χ1n) is 6.37. The Labute approximate surface area is 112 Å². The minimum absolute atomic E-state index is 0.139. The van der Waals surface area contributed by atoms with E-state index in [1.807, 2.05) is 49.5 Å². The van der Waals surface area contributed by atoms with Crippen LogP contribution in [0, 0.1) is 0 Å². The number of anilines is 1. The van der Waals surface area contributed by atoms with Crippen molar-refractivity contribution in [3.05, 3.63) is 65.2 Å². The summed E-state index contributed by atoms with van der Waals surface area (Å²) in [5, 5.41) is 0. The summed E-state index contributed by atoms with van der Waals surface area (Å²) in [4.78, 5) is 13.4. The van der Waals surface area contributed by atoms with Crippen molar-refractivity contribution in [2.75, 3.05) is 11.9 Å². The van der Waals surface area contributed by atoms with Crippen LogP contribution in [0.25, 0.3) is 0 Å². The molecule has 1 amide bonds. The molecule has 1 aliphatic rings. The summed E-state index contributed by atoms with van der Waals surface area (Å²) < 4.78 is 0. The van der Waals surface area contributed by atoms with Crippen LogP contribution in [-0.2, 0) is 11.2 Å². The number of nitrogens with two attached hydrogens (primary N) is 1. The number of fused-ring (bicyclic) bond motifs is 1. The molecule has 0 aromatic heterocycles. The topological polar surface area (TPSA) is 46.3 Å². The van der Waals surface area contributed by atoms with Crippen LogP contribution in [0.5, 0.6) is 0 Å². The SMILES string of the molecule is CN1C(=O)Cc2cc(C(N)c3ccccc3)ccc21. The zero-order valence-corrected chi connectivity index (χ0v) is 10.8. The summed E-state index contributed by atoms with van der Waals surface area (Å²) in [5.74, 6) is 0.139. The molecule has 1 unspecified atom stereocenters. The first-order chi connectivity index (χ1) is 9.16. The number of likely N-dealkylation sites (N-methyl/N-ethyl adjacent to an activating group) is 1. The fraction of sp³-hybridized carbons (Fsp3) is 0.188. The largest absolute Gasteiger partial charge is 0.320 e. The molecule has 3 nitrogen and oxygen atoms in total. The van der Waals surface area contributed by atoms with E-state index in [1.165, 1.54) is 0 Å². The third kappa shape index (κ3) is 2.02. The van der Waals surface area contributed by atoms with Gasteiger partial charge in [0.25, 0.3) is 0 Å². The quantitative estimate of drug-likeness (QED) is 0.891. The van der Waals surface area contributed by atoms with Crippen LogP contribution >= 0.6 is 0 Å². The van der Waals surface area contributed by atoms with Gasteiger partial charge in [-0.05, 0) is 22.8 Å². The molecule has 1 aliphatic heterocycles. The van der Waals surface area contributed by atoms with Crippen molar-refractivity contribution in [1.29, 1.82) is 0 Å². The molecular formula is C16H16N2O. The molecule has 0 aliphatic carbocycles. The minimum atomic E-state index is -0.146. The van der Waals surface area contributed by atoms with Crippen molar-refractivity contribution in [2.45, 2.75) is 12.5 Å². The number of benzene rings is 2. The van der Waals surface area contributed by atoms with E-state index in [1.54, 1.807) is 4.90 Å². The standard InChI is InChI=1S/C16H16N2O/c1-18-14-8-7-12(9-13(14)10-15(18)19)16(17)11-5-3-2-4-6-11/h2-9,16H,10,17H2,1H3. The Morgan fingerprint density at radius 2 is 1.84 bits per heavy atom. The van der Waals surface area contributed by atoms with E-state index in [4.69, 9.17) is 5.73 Å². The van der Waals surface area contributed by atoms with Crippen LogP contribution in [0.15, 0.2) is 48.5 Å². The Hall–Kier alpha value is -2.13. The molecular weight excluding hydrogens is 236 g/mol. The van der Waals surface area contributed by atoms with Gasteiger partial charge in [-0.3, -0.25) is 4.79 Å². The van der Waals surface area contributed by atoms with Crippen molar-refractivity contribution in [3.8, 4) is 0 Å². The highest BCUT2D eigenvalue weighted by Crippen LogP contribution is 2.31. The molecule has 0 saturated heterocycles. The molecule has 0 fully saturated rings. The molecule has 96 valence electrons. The minimum Gasteiger partial charge on any atom is -0.320 e. The van der Waals surface area contributed by atoms with Crippen molar-refractivity contribution in [2.24, 2.45) is 5.73 Å². The predicted octanol–water partition coefficient (Wildman–Crippen LogP) is 2.25. The number of nitrogens with zero attached hydrogens (tertiary/aromatic N) is 1. The molecule has 1 heterocycles. The lowest BCUT2D eigenvalue weighted by Gasteiger charge is -2.15. The van der Waals surface area contributed by atoms with Gasteiger partial charge in [0, 0.05) is 12.7 Å².